The van der Waals surface area contributed by atoms with E-state index in [1.165, 1.54) is 14.0 Å². The lowest BCUT2D eigenvalue weighted by Crippen LogP contribution is -2.32. The van der Waals surface area contributed by atoms with E-state index in [1.54, 1.807) is 42.5 Å². The first-order valence-electron chi connectivity index (χ1n) is 8.72. The fourth-order valence-electron chi connectivity index (χ4n) is 2.69. The average Bonchev–Trinajstić information content (AvgIpc) is 2.67. The number of fused-ring (bicyclic) bond motifs is 1. The summed E-state index contributed by atoms with van der Waals surface area (Å²) in [6.45, 7) is 3.67. The molecule has 0 radical (unpaired) electrons. The predicted octanol–water partition coefficient (Wildman–Crippen LogP) is 3.35. The van der Waals surface area contributed by atoms with Crippen molar-refractivity contribution in [2.75, 3.05) is 13.7 Å². The highest BCUT2D eigenvalue weighted by molar-refractivity contribution is 6.05. The maximum Gasteiger partial charge on any atom is 0.263 e. The lowest BCUT2D eigenvalue weighted by Gasteiger charge is -2.08. The summed E-state index contributed by atoms with van der Waals surface area (Å²) in [6.07, 6.45) is 0. The Morgan fingerprint density at radius 3 is 2.64 bits per heavy atom. The van der Waals surface area contributed by atoms with Gasteiger partial charge >= 0.3 is 0 Å². The number of carbonyl (C=O) groups is 2. The maximum atomic E-state index is 12.5. The van der Waals surface area contributed by atoms with Crippen LogP contribution in [0.25, 0.3) is 11.0 Å². The van der Waals surface area contributed by atoms with E-state index in [0.717, 1.165) is 0 Å². The minimum absolute atomic E-state index is 0.0596. The lowest BCUT2D eigenvalue weighted by atomic mass is 10.1. The quantitative estimate of drug-likeness (QED) is 0.733. The van der Waals surface area contributed by atoms with Crippen LogP contribution in [-0.2, 0) is 4.79 Å². The Balaban J connectivity index is 2.24. The van der Waals surface area contributed by atoms with Gasteiger partial charge in [-0.2, -0.15) is 0 Å². The first-order valence-corrected chi connectivity index (χ1v) is 8.72. The van der Waals surface area contributed by atoms with Crippen molar-refractivity contribution in [3.05, 3.63) is 59.6 Å². The van der Waals surface area contributed by atoms with Gasteiger partial charge in [-0.15, -0.1) is 0 Å². The minimum Gasteiger partial charge on any atom is -0.494 e. The van der Waals surface area contributed by atoms with Gasteiger partial charge < -0.3 is 13.9 Å². The Labute approximate surface area is 161 Å². The Bertz CT molecular complexity index is 1100. The maximum absolute atomic E-state index is 12.5. The number of carbonyl (C=O) groups excluding carboxylic acids is 2. The van der Waals surface area contributed by atoms with Gasteiger partial charge in [0.15, 0.2) is 11.3 Å². The van der Waals surface area contributed by atoms with Crippen molar-refractivity contribution in [1.82, 2.24) is 5.32 Å². The van der Waals surface area contributed by atoms with Crippen LogP contribution < -0.4 is 20.3 Å². The van der Waals surface area contributed by atoms with E-state index in [-0.39, 0.29) is 11.1 Å². The van der Waals surface area contributed by atoms with E-state index in [4.69, 9.17) is 13.9 Å². The third-order valence-electron chi connectivity index (χ3n) is 3.85. The second-order valence-corrected chi connectivity index (χ2v) is 5.90. The van der Waals surface area contributed by atoms with E-state index in [0.29, 0.717) is 34.8 Å². The fourth-order valence-corrected chi connectivity index (χ4v) is 2.69. The highest BCUT2D eigenvalue weighted by Crippen LogP contribution is 2.25. The number of para-hydroxylation sites is 1. The summed E-state index contributed by atoms with van der Waals surface area (Å²) in [5.41, 5.74) is 1.19. The van der Waals surface area contributed by atoms with E-state index >= 15 is 0 Å². The Kier molecular flexibility index (Phi) is 5.74. The number of amides is 2. The summed E-state index contributed by atoms with van der Waals surface area (Å²) in [6, 6.07) is 14.0. The molecule has 3 rings (SSSR count). The lowest BCUT2D eigenvalue weighted by molar-refractivity contribution is -0.118. The predicted molar refractivity (Wildman–Crippen MR) is 104 cm³/mol. The molecule has 1 N–H and O–H groups in total. The Morgan fingerprint density at radius 1 is 1.14 bits per heavy atom. The number of benzene rings is 2. The average molecular weight is 380 g/mol. The van der Waals surface area contributed by atoms with Crippen LogP contribution in [0.3, 0.4) is 0 Å². The smallest absolute Gasteiger partial charge is 0.263 e. The Morgan fingerprint density at radius 2 is 1.93 bits per heavy atom. The van der Waals surface area contributed by atoms with E-state index in [2.05, 4.69) is 10.3 Å². The molecule has 2 amide bonds. The number of hydrogen-bond donors (Lipinski definition) is 1. The number of ether oxygens (including phenoxy) is 2. The number of rotatable bonds is 5. The first kappa shape index (κ1) is 19.2. The van der Waals surface area contributed by atoms with Gasteiger partial charge in [-0.3, -0.25) is 14.9 Å². The molecule has 2 aromatic carbocycles. The molecule has 0 bridgehead atoms. The van der Waals surface area contributed by atoms with E-state index < -0.39 is 11.8 Å². The highest BCUT2D eigenvalue weighted by atomic mass is 16.5. The molecular formula is C21H20N2O5. The van der Waals surface area contributed by atoms with Crippen LogP contribution in [0, 0.1) is 0 Å². The second-order valence-electron chi connectivity index (χ2n) is 5.90. The zero-order chi connectivity index (χ0) is 20.1. The standard InChI is InChI=1S/C21H20N2O5/c1-4-27-16-9-6-8-15(12-16)23-21-17(20(25)22-13(2)24)11-14-7-5-10-18(26-3)19(14)28-21/h5-12H,4H2,1-3H3,(H,22,24,25). The molecule has 0 fully saturated rings. The summed E-state index contributed by atoms with van der Waals surface area (Å²) in [4.78, 5) is 28.3. The van der Waals surface area contributed by atoms with Gasteiger partial charge in [-0.25, -0.2) is 4.99 Å². The van der Waals surface area contributed by atoms with Crippen molar-refractivity contribution in [1.29, 1.82) is 0 Å². The van der Waals surface area contributed by atoms with Crippen molar-refractivity contribution in [3.63, 3.8) is 0 Å². The van der Waals surface area contributed by atoms with Crippen LogP contribution in [0.5, 0.6) is 11.5 Å². The molecule has 7 nitrogen and oxygen atoms in total. The molecule has 1 aromatic heterocycles. The highest BCUT2D eigenvalue weighted by Gasteiger charge is 2.15. The number of nitrogens with zero attached hydrogens (tertiary/aromatic N) is 1. The molecule has 0 spiro atoms. The first-order chi connectivity index (χ1) is 13.5. The largest absolute Gasteiger partial charge is 0.494 e. The molecule has 0 aliphatic rings. The summed E-state index contributed by atoms with van der Waals surface area (Å²) in [5, 5.41) is 2.90. The van der Waals surface area contributed by atoms with Gasteiger partial charge in [0.1, 0.15) is 11.3 Å². The molecule has 7 heteroatoms. The van der Waals surface area contributed by atoms with Crippen molar-refractivity contribution in [2.45, 2.75) is 13.8 Å². The molecule has 0 saturated heterocycles. The normalized spacial score (nSPS) is 11.3. The number of imide groups is 1. The summed E-state index contributed by atoms with van der Waals surface area (Å²) in [7, 11) is 1.53. The zero-order valence-corrected chi connectivity index (χ0v) is 15.8. The van der Waals surface area contributed by atoms with Crippen LogP contribution in [-0.4, -0.2) is 25.5 Å². The molecule has 0 aliphatic heterocycles. The molecule has 0 saturated carbocycles. The zero-order valence-electron chi connectivity index (χ0n) is 15.8. The molecule has 28 heavy (non-hydrogen) atoms. The second kappa shape index (κ2) is 8.39. The molecule has 3 aromatic rings. The monoisotopic (exact) mass is 380 g/mol. The van der Waals surface area contributed by atoms with Crippen molar-refractivity contribution in [2.24, 2.45) is 4.99 Å². The van der Waals surface area contributed by atoms with Crippen molar-refractivity contribution in [3.8, 4) is 11.5 Å². The molecule has 0 aliphatic carbocycles. The number of methoxy groups -OCH3 is 1. The minimum atomic E-state index is -0.597. The number of hydrogen-bond acceptors (Lipinski definition) is 6. The summed E-state index contributed by atoms with van der Waals surface area (Å²) < 4.78 is 16.7. The molecule has 1 heterocycles. The van der Waals surface area contributed by atoms with Crippen LogP contribution >= 0.6 is 0 Å². The van der Waals surface area contributed by atoms with Crippen LogP contribution in [0.1, 0.15) is 24.2 Å². The molecule has 0 atom stereocenters. The van der Waals surface area contributed by atoms with Gasteiger partial charge in [0, 0.05) is 18.4 Å². The van der Waals surface area contributed by atoms with Gasteiger partial charge in [-0.05, 0) is 31.2 Å². The summed E-state index contributed by atoms with van der Waals surface area (Å²) >= 11 is 0. The van der Waals surface area contributed by atoms with Crippen LogP contribution in [0.4, 0.5) is 5.69 Å². The van der Waals surface area contributed by atoms with Crippen LogP contribution in [0.15, 0.2) is 57.9 Å². The van der Waals surface area contributed by atoms with Gasteiger partial charge in [0.05, 0.1) is 19.4 Å². The van der Waals surface area contributed by atoms with E-state index in [9.17, 15) is 9.59 Å². The van der Waals surface area contributed by atoms with E-state index in [1.807, 2.05) is 13.0 Å². The van der Waals surface area contributed by atoms with Crippen molar-refractivity contribution < 1.29 is 23.5 Å². The van der Waals surface area contributed by atoms with Gasteiger partial charge in [-0.1, -0.05) is 18.2 Å². The van der Waals surface area contributed by atoms with Gasteiger partial charge in [0.2, 0.25) is 11.5 Å². The SMILES string of the molecule is CCOc1cccc(N=c2oc3c(OC)cccc3cc2C(=O)NC(C)=O)c1. The molecular weight excluding hydrogens is 360 g/mol. The summed E-state index contributed by atoms with van der Waals surface area (Å²) in [5.74, 6) is 0.0908. The van der Waals surface area contributed by atoms with Gasteiger partial charge in [0.25, 0.3) is 5.91 Å². The fraction of sp³-hybridized carbons (Fsp3) is 0.190. The number of nitrogens with one attached hydrogen (secondary N) is 1. The molecule has 144 valence electrons. The third kappa shape index (κ3) is 4.20. The third-order valence-corrected chi connectivity index (χ3v) is 3.85. The molecule has 0 unspecified atom stereocenters. The van der Waals surface area contributed by atoms with Crippen LogP contribution in [0.2, 0.25) is 0 Å². The topological polar surface area (TPSA) is 90.1 Å². The Hall–Kier alpha value is -3.61. The van der Waals surface area contributed by atoms with Crippen molar-refractivity contribution >= 4 is 28.5 Å².